The van der Waals surface area contributed by atoms with Crippen molar-refractivity contribution in [2.45, 2.75) is 0 Å². The molecular weight excluding hydrogens is 268 g/mol. The number of nitrogens with zero attached hydrogens (tertiary/aromatic N) is 1. The van der Waals surface area contributed by atoms with Crippen molar-refractivity contribution in [3.63, 3.8) is 0 Å². The predicted molar refractivity (Wildman–Crippen MR) is 82.1 cm³/mol. The van der Waals surface area contributed by atoms with E-state index in [2.05, 4.69) is 5.32 Å². The van der Waals surface area contributed by atoms with Crippen molar-refractivity contribution >= 4 is 23.3 Å². The van der Waals surface area contributed by atoms with E-state index in [4.69, 9.17) is 5.11 Å². The van der Waals surface area contributed by atoms with Crippen molar-refractivity contribution in [1.82, 2.24) is 0 Å². The first-order chi connectivity index (χ1) is 9.99. The topological polar surface area (TPSA) is 69.6 Å². The van der Waals surface area contributed by atoms with Crippen molar-refractivity contribution in [1.29, 1.82) is 0 Å². The summed E-state index contributed by atoms with van der Waals surface area (Å²) in [6.45, 7) is 0. The molecule has 0 aliphatic carbocycles. The average Bonchev–Trinajstić information content (AvgIpc) is 2.47. The van der Waals surface area contributed by atoms with Crippen LogP contribution in [-0.2, 0) is 0 Å². The number of hydrogen-bond acceptors (Lipinski definition) is 3. The summed E-state index contributed by atoms with van der Waals surface area (Å²) in [5.41, 5.74) is 1.76. The van der Waals surface area contributed by atoms with E-state index in [-0.39, 0.29) is 11.1 Å². The van der Waals surface area contributed by atoms with Gasteiger partial charge in [-0.3, -0.25) is 4.79 Å². The number of hydrogen-bond donors (Lipinski definition) is 2. The highest BCUT2D eigenvalue weighted by Crippen LogP contribution is 2.17. The summed E-state index contributed by atoms with van der Waals surface area (Å²) in [5.74, 6) is -1.56. The lowest BCUT2D eigenvalue weighted by Gasteiger charge is -2.13. The highest BCUT2D eigenvalue weighted by Gasteiger charge is 2.15. The van der Waals surface area contributed by atoms with Crippen LogP contribution in [0.25, 0.3) is 0 Å². The first-order valence-corrected chi connectivity index (χ1v) is 6.40. The lowest BCUT2D eigenvalue weighted by molar-refractivity contribution is 0.0692. The number of aromatic carboxylic acids is 1. The van der Waals surface area contributed by atoms with Gasteiger partial charge in [0.05, 0.1) is 11.1 Å². The number of rotatable bonds is 4. The summed E-state index contributed by atoms with van der Waals surface area (Å²) in [6.07, 6.45) is 0. The van der Waals surface area contributed by atoms with Gasteiger partial charge in [0.2, 0.25) is 0 Å². The largest absolute Gasteiger partial charge is 0.478 e. The third kappa shape index (κ3) is 3.39. The Morgan fingerprint density at radius 2 is 1.52 bits per heavy atom. The van der Waals surface area contributed by atoms with Gasteiger partial charge in [-0.15, -0.1) is 0 Å². The molecule has 0 saturated heterocycles. The van der Waals surface area contributed by atoms with Crippen LogP contribution < -0.4 is 10.2 Å². The number of carboxylic acids is 1. The van der Waals surface area contributed by atoms with E-state index in [1.807, 2.05) is 31.1 Å². The van der Waals surface area contributed by atoms with E-state index >= 15 is 0 Å². The summed E-state index contributed by atoms with van der Waals surface area (Å²) in [4.78, 5) is 25.2. The second kappa shape index (κ2) is 6.09. The van der Waals surface area contributed by atoms with Gasteiger partial charge < -0.3 is 15.3 Å². The van der Waals surface area contributed by atoms with Crippen molar-refractivity contribution in [2.24, 2.45) is 0 Å². The maximum absolute atomic E-state index is 12.2. The number of amides is 1. The van der Waals surface area contributed by atoms with Crippen LogP contribution in [0.3, 0.4) is 0 Å². The summed E-state index contributed by atoms with van der Waals surface area (Å²) in [5, 5.41) is 11.8. The maximum Gasteiger partial charge on any atom is 0.336 e. The SMILES string of the molecule is CN(C)c1ccc(NC(=O)c2ccccc2C(=O)O)cc1. The molecule has 108 valence electrons. The minimum Gasteiger partial charge on any atom is -0.478 e. The number of carbonyl (C=O) groups is 2. The van der Waals surface area contributed by atoms with Gasteiger partial charge in [0.15, 0.2) is 0 Å². The normalized spacial score (nSPS) is 10.0. The number of carbonyl (C=O) groups excluding carboxylic acids is 1. The molecule has 0 heterocycles. The first-order valence-electron chi connectivity index (χ1n) is 6.40. The second-order valence-corrected chi connectivity index (χ2v) is 4.75. The van der Waals surface area contributed by atoms with Crippen LogP contribution in [0.2, 0.25) is 0 Å². The lowest BCUT2D eigenvalue weighted by atomic mass is 10.1. The molecule has 0 fully saturated rings. The van der Waals surface area contributed by atoms with Gasteiger partial charge in [-0.2, -0.15) is 0 Å². The van der Waals surface area contributed by atoms with Gasteiger partial charge in [-0.25, -0.2) is 4.79 Å². The number of nitrogens with one attached hydrogen (secondary N) is 1. The molecule has 0 aromatic heterocycles. The minimum absolute atomic E-state index is 0.0140. The Kier molecular flexibility index (Phi) is 4.23. The van der Waals surface area contributed by atoms with Crippen LogP contribution in [0.4, 0.5) is 11.4 Å². The molecule has 5 heteroatoms. The second-order valence-electron chi connectivity index (χ2n) is 4.75. The van der Waals surface area contributed by atoms with Crippen molar-refractivity contribution < 1.29 is 14.7 Å². The standard InChI is InChI=1S/C16H16N2O3/c1-18(2)12-9-7-11(8-10-12)17-15(19)13-5-3-4-6-14(13)16(20)21/h3-10H,1-2H3,(H,17,19)(H,20,21). The molecule has 0 aliphatic rings. The molecule has 0 atom stereocenters. The van der Waals surface area contributed by atoms with Crippen LogP contribution in [-0.4, -0.2) is 31.1 Å². The fraction of sp³-hybridized carbons (Fsp3) is 0.125. The van der Waals surface area contributed by atoms with Gasteiger partial charge in [0.25, 0.3) is 5.91 Å². The molecule has 21 heavy (non-hydrogen) atoms. The van der Waals surface area contributed by atoms with E-state index in [9.17, 15) is 9.59 Å². The zero-order chi connectivity index (χ0) is 15.4. The molecule has 5 nitrogen and oxygen atoms in total. The molecule has 0 spiro atoms. The minimum atomic E-state index is -1.12. The van der Waals surface area contributed by atoms with Crippen LogP contribution >= 0.6 is 0 Å². The number of carboxylic acid groups (broad SMARTS) is 1. The number of benzene rings is 2. The molecule has 1 amide bonds. The Morgan fingerprint density at radius 1 is 0.952 bits per heavy atom. The maximum atomic E-state index is 12.2. The highest BCUT2D eigenvalue weighted by molar-refractivity contribution is 6.10. The van der Waals surface area contributed by atoms with E-state index in [1.54, 1.807) is 24.3 Å². The lowest BCUT2D eigenvalue weighted by Crippen LogP contribution is -2.16. The van der Waals surface area contributed by atoms with Crippen LogP contribution in [0.15, 0.2) is 48.5 Å². The molecule has 2 rings (SSSR count). The Labute approximate surface area is 122 Å². The van der Waals surface area contributed by atoms with Crippen molar-refractivity contribution in [3.8, 4) is 0 Å². The van der Waals surface area contributed by atoms with E-state index in [1.165, 1.54) is 12.1 Å². The fourth-order valence-corrected chi connectivity index (χ4v) is 1.91. The smallest absolute Gasteiger partial charge is 0.336 e. The Bertz CT molecular complexity index is 663. The zero-order valence-electron chi connectivity index (χ0n) is 11.8. The molecule has 2 N–H and O–H groups in total. The molecule has 0 unspecified atom stereocenters. The summed E-state index contributed by atoms with van der Waals surface area (Å²) in [7, 11) is 3.85. The molecule has 0 aliphatic heterocycles. The summed E-state index contributed by atoms with van der Waals surface area (Å²) < 4.78 is 0. The van der Waals surface area contributed by atoms with Gasteiger partial charge >= 0.3 is 5.97 Å². The summed E-state index contributed by atoms with van der Waals surface area (Å²) >= 11 is 0. The molecule has 0 radical (unpaired) electrons. The molecule has 0 bridgehead atoms. The molecular formula is C16H16N2O3. The van der Waals surface area contributed by atoms with Crippen LogP contribution in [0.5, 0.6) is 0 Å². The quantitative estimate of drug-likeness (QED) is 0.905. The van der Waals surface area contributed by atoms with E-state index in [0.717, 1.165) is 5.69 Å². The number of anilines is 2. The van der Waals surface area contributed by atoms with E-state index < -0.39 is 11.9 Å². The van der Waals surface area contributed by atoms with Crippen molar-refractivity contribution in [2.75, 3.05) is 24.3 Å². The van der Waals surface area contributed by atoms with Gasteiger partial charge in [-0.05, 0) is 36.4 Å². The Morgan fingerprint density at radius 3 is 2.05 bits per heavy atom. The molecule has 2 aromatic rings. The Hall–Kier alpha value is -2.82. The summed E-state index contributed by atoms with van der Waals surface area (Å²) in [6, 6.07) is 13.4. The van der Waals surface area contributed by atoms with Crippen LogP contribution in [0, 0.1) is 0 Å². The Balaban J connectivity index is 2.20. The third-order valence-electron chi connectivity index (χ3n) is 3.04. The van der Waals surface area contributed by atoms with Gasteiger partial charge in [0, 0.05) is 25.5 Å². The van der Waals surface area contributed by atoms with E-state index in [0.29, 0.717) is 5.69 Å². The third-order valence-corrected chi connectivity index (χ3v) is 3.04. The van der Waals surface area contributed by atoms with Crippen molar-refractivity contribution in [3.05, 3.63) is 59.7 Å². The zero-order valence-corrected chi connectivity index (χ0v) is 11.8. The monoisotopic (exact) mass is 284 g/mol. The predicted octanol–water partition coefficient (Wildman–Crippen LogP) is 2.70. The average molecular weight is 284 g/mol. The van der Waals surface area contributed by atoms with Gasteiger partial charge in [-0.1, -0.05) is 12.1 Å². The fourth-order valence-electron chi connectivity index (χ4n) is 1.91. The molecule has 2 aromatic carbocycles. The first kappa shape index (κ1) is 14.6. The molecule has 0 saturated carbocycles. The van der Waals surface area contributed by atoms with Gasteiger partial charge in [0.1, 0.15) is 0 Å². The van der Waals surface area contributed by atoms with Crippen LogP contribution in [0.1, 0.15) is 20.7 Å². The highest BCUT2D eigenvalue weighted by atomic mass is 16.4.